The van der Waals surface area contributed by atoms with Crippen LogP contribution in [0, 0.1) is 5.41 Å². The molecule has 21 heavy (non-hydrogen) atoms. The Kier molecular flexibility index (Phi) is 5.73. The number of rotatable bonds is 8. The van der Waals surface area contributed by atoms with Crippen LogP contribution in [-0.4, -0.2) is 13.1 Å². The van der Waals surface area contributed by atoms with Crippen molar-refractivity contribution in [3.05, 3.63) is 34.9 Å². The van der Waals surface area contributed by atoms with E-state index in [4.69, 9.17) is 11.6 Å². The lowest BCUT2D eigenvalue weighted by Gasteiger charge is -2.58. The van der Waals surface area contributed by atoms with Crippen molar-refractivity contribution in [1.82, 2.24) is 5.32 Å². The number of halogens is 1. The molecule has 2 rings (SSSR count). The minimum Gasteiger partial charge on any atom is -0.316 e. The molecule has 1 nitrogen and oxygen atoms in total. The molecule has 0 atom stereocenters. The Labute approximate surface area is 135 Å². The molecule has 0 aromatic heterocycles. The molecule has 0 bridgehead atoms. The third kappa shape index (κ3) is 3.63. The Morgan fingerprint density at radius 3 is 2.29 bits per heavy atom. The summed E-state index contributed by atoms with van der Waals surface area (Å²) in [5.74, 6) is 0. The van der Waals surface area contributed by atoms with Gasteiger partial charge >= 0.3 is 0 Å². The highest BCUT2D eigenvalue weighted by molar-refractivity contribution is 6.30. The summed E-state index contributed by atoms with van der Waals surface area (Å²) in [6.45, 7) is 8.95. The minimum absolute atomic E-state index is 0.297. The van der Waals surface area contributed by atoms with E-state index in [0.29, 0.717) is 10.8 Å². The summed E-state index contributed by atoms with van der Waals surface area (Å²) in [7, 11) is 0. The van der Waals surface area contributed by atoms with Gasteiger partial charge in [-0.25, -0.2) is 0 Å². The first-order valence-electron chi connectivity index (χ1n) is 8.56. The van der Waals surface area contributed by atoms with Gasteiger partial charge in [-0.2, -0.15) is 0 Å². The Morgan fingerprint density at radius 2 is 1.76 bits per heavy atom. The zero-order chi connectivity index (χ0) is 15.3. The fourth-order valence-corrected chi connectivity index (χ4v) is 4.73. The van der Waals surface area contributed by atoms with E-state index in [1.807, 2.05) is 6.07 Å². The second-order valence-electron chi connectivity index (χ2n) is 6.92. The average Bonchev–Trinajstić information content (AvgIpc) is 2.43. The molecule has 0 unspecified atom stereocenters. The fraction of sp³-hybridized carbons (Fsp3) is 0.684. The predicted molar refractivity (Wildman–Crippen MR) is 93.2 cm³/mol. The van der Waals surface area contributed by atoms with Gasteiger partial charge in [0.05, 0.1) is 0 Å². The molecule has 0 spiro atoms. The third-order valence-electron chi connectivity index (χ3n) is 5.14. The van der Waals surface area contributed by atoms with E-state index < -0.39 is 0 Å². The maximum atomic E-state index is 6.24. The largest absolute Gasteiger partial charge is 0.316 e. The van der Waals surface area contributed by atoms with Crippen molar-refractivity contribution >= 4 is 11.6 Å². The van der Waals surface area contributed by atoms with Crippen LogP contribution in [0.5, 0.6) is 0 Å². The van der Waals surface area contributed by atoms with Crippen molar-refractivity contribution < 1.29 is 0 Å². The average molecular weight is 308 g/mol. The van der Waals surface area contributed by atoms with Gasteiger partial charge in [0.1, 0.15) is 0 Å². The topological polar surface area (TPSA) is 12.0 Å². The van der Waals surface area contributed by atoms with Gasteiger partial charge in [-0.05, 0) is 55.3 Å². The number of likely N-dealkylation sites (N-methyl/N-ethyl adjacent to an activating group) is 1. The summed E-state index contributed by atoms with van der Waals surface area (Å²) in [4.78, 5) is 0. The van der Waals surface area contributed by atoms with Crippen LogP contribution < -0.4 is 5.32 Å². The smallest absolute Gasteiger partial charge is 0.0408 e. The normalized spacial score (nSPS) is 19.2. The van der Waals surface area contributed by atoms with E-state index in [0.717, 1.165) is 18.1 Å². The highest BCUT2D eigenvalue weighted by Crippen LogP contribution is 2.60. The lowest BCUT2D eigenvalue weighted by molar-refractivity contribution is 0.00314. The molecule has 0 radical (unpaired) electrons. The van der Waals surface area contributed by atoms with Crippen LogP contribution in [0.2, 0.25) is 5.02 Å². The molecule has 1 aromatic rings. The maximum absolute atomic E-state index is 6.24. The maximum Gasteiger partial charge on any atom is 0.0408 e. The second-order valence-corrected chi connectivity index (χ2v) is 7.36. The van der Waals surface area contributed by atoms with Gasteiger partial charge in [0.2, 0.25) is 0 Å². The van der Waals surface area contributed by atoms with Gasteiger partial charge in [-0.15, -0.1) is 0 Å². The monoisotopic (exact) mass is 307 g/mol. The summed E-state index contributed by atoms with van der Waals surface area (Å²) in [6, 6.07) is 8.53. The minimum atomic E-state index is 0.297. The number of nitrogens with one attached hydrogen (secondary N) is 1. The van der Waals surface area contributed by atoms with Gasteiger partial charge < -0.3 is 5.32 Å². The van der Waals surface area contributed by atoms with Crippen molar-refractivity contribution in [3.63, 3.8) is 0 Å². The fourth-order valence-electron chi connectivity index (χ4n) is 4.54. The first-order chi connectivity index (χ1) is 10.1. The Bertz CT molecular complexity index is 441. The van der Waals surface area contributed by atoms with Gasteiger partial charge in [-0.1, -0.05) is 57.3 Å². The van der Waals surface area contributed by atoms with Gasteiger partial charge in [0.25, 0.3) is 0 Å². The molecule has 1 aliphatic carbocycles. The summed E-state index contributed by atoms with van der Waals surface area (Å²) in [5, 5.41) is 4.46. The molecule has 1 saturated carbocycles. The number of hydrogen-bond donors (Lipinski definition) is 1. The first-order valence-corrected chi connectivity index (χ1v) is 8.94. The zero-order valence-electron chi connectivity index (χ0n) is 13.8. The van der Waals surface area contributed by atoms with Crippen LogP contribution in [0.15, 0.2) is 24.3 Å². The molecule has 118 valence electrons. The van der Waals surface area contributed by atoms with Crippen LogP contribution in [0.25, 0.3) is 0 Å². The van der Waals surface area contributed by atoms with Crippen LogP contribution in [-0.2, 0) is 5.41 Å². The van der Waals surface area contributed by atoms with Crippen molar-refractivity contribution in [2.45, 2.75) is 64.7 Å². The van der Waals surface area contributed by atoms with Crippen molar-refractivity contribution in [1.29, 1.82) is 0 Å². The van der Waals surface area contributed by atoms with Crippen molar-refractivity contribution in [2.24, 2.45) is 5.41 Å². The summed E-state index contributed by atoms with van der Waals surface area (Å²) in [5.41, 5.74) is 2.30. The molecule has 1 aliphatic rings. The second kappa shape index (κ2) is 7.15. The standard InChI is InChI=1S/C19H30ClN/c1-4-10-18(11-5-2)13-19(14-18,15-21-6-3)16-8-7-9-17(20)12-16/h7-9,12,21H,4-6,10-11,13-15H2,1-3H3. The molecule has 0 saturated heterocycles. The van der Waals surface area contributed by atoms with Crippen LogP contribution in [0.1, 0.15) is 64.9 Å². The van der Waals surface area contributed by atoms with E-state index in [2.05, 4.69) is 44.3 Å². The van der Waals surface area contributed by atoms with Gasteiger partial charge in [0.15, 0.2) is 0 Å². The molecule has 1 fully saturated rings. The van der Waals surface area contributed by atoms with Gasteiger partial charge in [-0.3, -0.25) is 0 Å². The molecule has 1 N–H and O–H groups in total. The Morgan fingerprint density at radius 1 is 1.10 bits per heavy atom. The molecule has 0 amide bonds. The highest BCUT2D eigenvalue weighted by atomic mass is 35.5. The van der Waals surface area contributed by atoms with Crippen LogP contribution >= 0.6 is 11.6 Å². The highest BCUT2D eigenvalue weighted by Gasteiger charge is 2.53. The lowest BCUT2D eigenvalue weighted by Crippen LogP contribution is -2.54. The predicted octanol–water partition coefficient (Wildman–Crippen LogP) is 5.57. The Balaban J connectivity index is 2.21. The van der Waals surface area contributed by atoms with Crippen molar-refractivity contribution in [3.8, 4) is 0 Å². The van der Waals surface area contributed by atoms with Crippen LogP contribution in [0.4, 0.5) is 0 Å². The first kappa shape index (κ1) is 16.8. The molecular formula is C19H30ClN. The van der Waals surface area contributed by atoms with E-state index in [9.17, 15) is 0 Å². The number of hydrogen-bond acceptors (Lipinski definition) is 1. The lowest BCUT2D eigenvalue weighted by atomic mass is 9.48. The Hall–Kier alpha value is -0.530. The SMILES string of the molecule is CCCC1(CCC)CC(CNCC)(c2cccc(Cl)c2)C1. The summed E-state index contributed by atoms with van der Waals surface area (Å²) >= 11 is 6.24. The van der Waals surface area contributed by atoms with E-state index in [1.54, 1.807) is 0 Å². The quantitative estimate of drug-likeness (QED) is 0.662. The zero-order valence-corrected chi connectivity index (χ0v) is 14.6. The molecular weight excluding hydrogens is 278 g/mol. The van der Waals surface area contributed by atoms with Gasteiger partial charge in [0, 0.05) is 17.0 Å². The van der Waals surface area contributed by atoms with Crippen molar-refractivity contribution in [2.75, 3.05) is 13.1 Å². The van der Waals surface area contributed by atoms with E-state index >= 15 is 0 Å². The summed E-state index contributed by atoms with van der Waals surface area (Å²) in [6.07, 6.45) is 7.97. The van der Waals surface area contributed by atoms with E-state index in [1.165, 1.54) is 44.1 Å². The van der Waals surface area contributed by atoms with E-state index in [-0.39, 0.29) is 0 Å². The molecule has 2 heteroatoms. The third-order valence-corrected chi connectivity index (χ3v) is 5.37. The molecule has 1 aromatic carbocycles. The van der Waals surface area contributed by atoms with Crippen LogP contribution in [0.3, 0.4) is 0 Å². The summed E-state index contributed by atoms with van der Waals surface area (Å²) < 4.78 is 0. The molecule has 0 heterocycles. The number of benzene rings is 1. The molecule has 0 aliphatic heterocycles.